The molecule has 0 aromatic carbocycles. The van der Waals surface area contributed by atoms with Gasteiger partial charge in [-0.1, -0.05) is 13.8 Å². The van der Waals surface area contributed by atoms with Gasteiger partial charge in [0, 0.05) is 18.9 Å². The molecule has 0 aliphatic heterocycles. The van der Waals surface area contributed by atoms with Crippen molar-refractivity contribution in [2.45, 2.75) is 46.3 Å². The Hall–Kier alpha value is -0.980. The first-order valence-electron chi connectivity index (χ1n) is 7.29. The van der Waals surface area contributed by atoms with Crippen LogP contribution in [0, 0.1) is 11.8 Å². The maximum Gasteiger partial charge on any atom is 0.306 e. The van der Waals surface area contributed by atoms with Gasteiger partial charge in [-0.05, 0) is 31.7 Å². The summed E-state index contributed by atoms with van der Waals surface area (Å²) in [5.41, 5.74) is 6.46. The fraction of sp³-hybridized carbons (Fsp3) is 0.733. The SMILES string of the molecule is CO[C@H](C)c1nc(COC(=O)C[C@@H](CN)CC(C)C)cs1. The number of hydrogen-bond donors (Lipinski definition) is 1. The van der Waals surface area contributed by atoms with Gasteiger partial charge in [-0.2, -0.15) is 0 Å². The molecule has 5 nitrogen and oxygen atoms in total. The van der Waals surface area contributed by atoms with Gasteiger partial charge in [0.25, 0.3) is 0 Å². The normalized spacial score (nSPS) is 14.2. The molecule has 21 heavy (non-hydrogen) atoms. The number of methoxy groups -OCH3 is 1. The standard InChI is InChI=1S/C15H26N2O3S/c1-10(2)5-12(7-16)6-14(18)20-8-13-9-21-15(17-13)11(3)19-4/h9-12H,5-8,16H2,1-4H3/t11-,12+/m1/s1. The van der Waals surface area contributed by atoms with E-state index in [9.17, 15) is 4.79 Å². The zero-order chi connectivity index (χ0) is 15.8. The Morgan fingerprint density at radius 2 is 2.14 bits per heavy atom. The minimum atomic E-state index is -0.208. The van der Waals surface area contributed by atoms with Gasteiger partial charge in [-0.15, -0.1) is 11.3 Å². The zero-order valence-corrected chi connectivity index (χ0v) is 14.1. The van der Waals surface area contributed by atoms with Crippen LogP contribution < -0.4 is 5.73 Å². The maximum absolute atomic E-state index is 11.8. The molecule has 0 bridgehead atoms. The first-order chi connectivity index (χ1) is 9.96. The van der Waals surface area contributed by atoms with E-state index in [1.807, 2.05) is 12.3 Å². The molecule has 1 rings (SSSR count). The Bertz CT molecular complexity index is 434. The molecule has 1 heterocycles. The fourth-order valence-corrected chi connectivity index (χ4v) is 2.89. The molecule has 0 fully saturated rings. The molecule has 0 spiro atoms. The first-order valence-corrected chi connectivity index (χ1v) is 8.17. The van der Waals surface area contributed by atoms with Crippen LogP contribution >= 0.6 is 11.3 Å². The van der Waals surface area contributed by atoms with E-state index in [-0.39, 0.29) is 24.6 Å². The van der Waals surface area contributed by atoms with Crippen molar-refractivity contribution in [2.24, 2.45) is 17.6 Å². The van der Waals surface area contributed by atoms with Gasteiger partial charge in [-0.3, -0.25) is 4.79 Å². The highest BCUT2D eigenvalue weighted by atomic mass is 32.1. The third-order valence-electron chi connectivity index (χ3n) is 3.25. The molecule has 0 amide bonds. The number of rotatable bonds is 9. The number of ether oxygens (including phenoxy) is 2. The summed E-state index contributed by atoms with van der Waals surface area (Å²) in [4.78, 5) is 16.2. The summed E-state index contributed by atoms with van der Waals surface area (Å²) < 4.78 is 10.5. The van der Waals surface area contributed by atoms with E-state index in [2.05, 4.69) is 18.8 Å². The molecule has 0 aliphatic carbocycles. The molecule has 6 heteroatoms. The molecule has 0 radical (unpaired) electrons. The Labute approximate surface area is 130 Å². The van der Waals surface area contributed by atoms with Crippen LogP contribution in [0.4, 0.5) is 0 Å². The maximum atomic E-state index is 11.8. The molecule has 2 atom stereocenters. The summed E-state index contributed by atoms with van der Waals surface area (Å²) >= 11 is 1.51. The number of thiazole rings is 1. The molecular formula is C15H26N2O3S. The zero-order valence-electron chi connectivity index (χ0n) is 13.3. The van der Waals surface area contributed by atoms with Gasteiger partial charge in [0.05, 0.1) is 5.69 Å². The lowest BCUT2D eigenvalue weighted by Crippen LogP contribution is -2.21. The predicted molar refractivity (Wildman–Crippen MR) is 84.0 cm³/mol. The highest BCUT2D eigenvalue weighted by Gasteiger charge is 2.16. The van der Waals surface area contributed by atoms with Gasteiger partial charge in [0.2, 0.25) is 0 Å². The highest BCUT2D eigenvalue weighted by molar-refractivity contribution is 7.09. The lowest BCUT2D eigenvalue weighted by atomic mass is 9.94. The highest BCUT2D eigenvalue weighted by Crippen LogP contribution is 2.21. The number of aromatic nitrogens is 1. The second kappa shape index (κ2) is 9.12. The molecule has 0 saturated carbocycles. The van der Waals surface area contributed by atoms with Crippen molar-refractivity contribution in [1.29, 1.82) is 0 Å². The van der Waals surface area contributed by atoms with E-state index in [1.165, 1.54) is 11.3 Å². The molecular weight excluding hydrogens is 288 g/mol. The Morgan fingerprint density at radius 3 is 2.71 bits per heavy atom. The van der Waals surface area contributed by atoms with E-state index in [1.54, 1.807) is 7.11 Å². The van der Waals surface area contributed by atoms with E-state index in [4.69, 9.17) is 15.2 Å². The lowest BCUT2D eigenvalue weighted by molar-refractivity contribution is -0.146. The average molecular weight is 314 g/mol. The third-order valence-corrected chi connectivity index (χ3v) is 4.30. The number of esters is 1. The van der Waals surface area contributed by atoms with Crippen molar-refractivity contribution < 1.29 is 14.3 Å². The Morgan fingerprint density at radius 1 is 1.43 bits per heavy atom. The monoisotopic (exact) mass is 314 g/mol. The largest absolute Gasteiger partial charge is 0.459 e. The van der Waals surface area contributed by atoms with Crippen LogP contribution in [0.5, 0.6) is 0 Å². The minimum absolute atomic E-state index is 0.0351. The number of carbonyl (C=O) groups excluding carboxylic acids is 1. The smallest absolute Gasteiger partial charge is 0.306 e. The topological polar surface area (TPSA) is 74.4 Å². The summed E-state index contributed by atoms with van der Waals surface area (Å²) in [5, 5.41) is 2.79. The van der Waals surface area contributed by atoms with Crippen LogP contribution in [0.1, 0.15) is 50.4 Å². The molecule has 2 N–H and O–H groups in total. The first kappa shape index (κ1) is 18.1. The van der Waals surface area contributed by atoms with Crippen molar-refractivity contribution in [1.82, 2.24) is 4.98 Å². The second-order valence-corrected chi connectivity index (χ2v) is 6.54. The summed E-state index contributed by atoms with van der Waals surface area (Å²) in [6, 6.07) is 0. The van der Waals surface area contributed by atoms with Gasteiger partial charge in [0.1, 0.15) is 17.7 Å². The molecule has 1 aromatic heterocycles. The van der Waals surface area contributed by atoms with E-state index in [0.29, 0.717) is 18.9 Å². The summed E-state index contributed by atoms with van der Waals surface area (Å²) in [7, 11) is 1.65. The fourth-order valence-electron chi connectivity index (χ4n) is 2.06. The quantitative estimate of drug-likeness (QED) is 0.709. The van der Waals surface area contributed by atoms with Crippen molar-refractivity contribution in [3.63, 3.8) is 0 Å². The van der Waals surface area contributed by atoms with Crippen LogP contribution in [-0.2, 0) is 20.9 Å². The summed E-state index contributed by atoms with van der Waals surface area (Å²) in [6.07, 6.45) is 1.28. The van der Waals surface area contributed by atoms with E-state index >= 15 is 0 Å². The minimum Gasteiger partial charge on any atom is -0.459 e. The van der Waals surface area contributed by atoms with Crippen molar-refractivity contribution in [3.05, 3.63) is 16.1 Å². The summed E-state index contributed by atoms with van der Waals surface area (Å²) in [5.74, 6) is 0.514. The Balaban J connectivity index is 2.40. The van der Waals surface area contributed by atoms with Crippen LogP contribution in [0.25, 0.3) is 0 Å². The molecule has 0 aliphatic rings. The van der Waals surface area contributed by atoms with Crippen molar-refractivity contribution >= 4 is 17.3 Å². The van der Waals surface area contributed by atoms with Crippen LogP contribution in [0.15, 0.2) is 5.38 Å². The third kappa shape index (κ3) is 6.54. The van der Waals surface area contributed by atoms with Gasteiger partial charge in [-0.25, -0.2) is 4.98 Å². The molecule has 120 valence electrons. The van der Waals surface area contributed by atoms with Crippen LogP contribution in [0.3, 0.4) is 0 Å². The number of hydrogen-bond acceptors (Lipinski definition) is 6. The van der Waals surface area contributed by atoms with Gasteiger partial charge >= 0.3 is 5.97 Å². The molecule has 1 aromatic rings. The summed E-state index contributed by atoms with van der Waals surface area (Å²) in [6.45, 7) is 6.92. The predicted octanol–water partition coefficient (Wildman–Crippen LogP) is 2.90. The lowest BCUT2D eigenvalue weighted by Gasteiger charge is -2.15. The van der Waals surface area contributed by atoms with Crippen molar-refractivity contribution in [2.75, 3.05) is 13.7 Å². The van der Waals surface area contributed by atoms with E-state index < -0.39 is 0 Å². The van der Waals surface area contributed by atoms with Gasteiger partial charge in [0.15, 0.2) is 0 Å². The number of nitrogens with two attached hydrogens (primary N) is 1. The van der Waals surface area contributed by atoms with Gasteiger partial charge < -0.3 is 15.2 Å². The van der Waals surface area contributed by atoms with E-state index in [0.717, 1.165) is 17.1 Å². The molecule has 0 saturated heterocycles. The average Bonchev–Trinajstić information content (AvgIpc) is 2.92. The van der Waals surface area contributed by atoms with Crippen LogP contribution in [0.2, 0.25) is 0 Å². The second-order valence-electron chi connectivity index (χ2n) is 5.65. The van der Waals surface area contributed by atoms with Crippen molar-refractivity contribution in [3.8, 4) is 0 Å². The Kier molecular flexibility index (Phi) is 7.85. The number of carbonyl (C=O) groups is 1. The molecule has 0 unspecified atom stereocenters. The number of nitrogens with zero attached hydrogens (tertiary/aromatic N) is 1. The van der Waals surface area contributed by atoms with Crippen LogP contribution in [-0.4, -0.2) is 24.6 Å².